The van der Waals surface area contributed by atoms with Gasteiger partial charge in [-0.2, -0.15) is 0 Å². The van der Waals surface area contributed by atoms with E-state index in [9.17, 15) is 24.0 Å². The molecule has 2 aromatic rings. The molecule has 5 aliphatic carbocycles. The number of benzene rings is 2. The first-order valence-electron chi connectivity index (χ1n) is 15.6. The van der Waals surface area contributed by atoms with Crippen LogP contribution in [0, 0.1) is 40.4 Å². The van der Waals surface area contributed by atoms with Gasteiger partial charge in [-0.05, 0) is 92.7 Å². The van der Waals surface area contributed by atoms with Crippen LogP contribution in [0.15, 0.2) is 42.5 Å². The lowest BCUT2D eigenvalue weighted by Gasteiger charge is -2.61. The number of hydrogen-bond donors (Lipinski definition) is 0. The predicted molar refractivity (Wildman–Crippen MR) is 155 cm³/mol. The molecule has 6 heteroatoms. The first-order valence-corrected chi connectivity index (χ1v) is 15.6. The molecule has 4 saturated carbocycles. The summed E-state index contributed by atoms with van der Waals surface area (Å²) in [6.45, 7) is 6.18. The van der Waals surface area contributed by atoms with Gasteiger partial charge in [0.1, 0.15) is 17.7 Å². The third-order valence-corrected chi connectivity index (χ3v) is 12.5. The monoisotopic (exact) mass is 566 g/mol. The molecular formula is C36H38O6. The average Bonchev–Trinajstić information content (AvgIpc) is 3.35. The zero-order chi connectivity index (χ0) is 29.6. The van der Waals surface area contributed by atoms with Crippen molar-refractivity contribution in [2.45, 2.75) is 78.2 Å². The molecule has 0 unspecified atom stereocenters. The van der Waals surface area contributed by atoms with Crippen LogP contribution >= 0.6 is 0 Å². The largest absolute Gasteiger partial charge is 0.458 e. The smallest absolute Gasteiger partial charge is 0.338 e. The summed E-state index contributed by atoms with van der Waals surface area (Å²) < 4.78 is 6.44. The molecule has 0 radical (unpaired) electrons. The molecular weight excluding hydrogens is 528 g/mol. The van der Waals surface area contributed by atoms with Crippen molar-refractivity contribution in [3.05, 3.63) is 70.3 Å². The van der Waals surface area contributed by atoms with Gasteiger partial charge in [-0.25, -0.2) is 4.79 Å². The second-order valence-electron chi connectivity index (χ2n) is 14.1. The summed E-state index contributed by atoms with van der Waals surface area (Å²) in [6.07, 6.45) is 6.24. The van der Waals surface area contributed by atoms with Crippen molar-refractivity contribution in [3.63, 3.8) is 0 Å². The van der Waals surface area contributed by atoms with Crippen molar-refractivity contribution in [2.75, 3.05) is 0 Å². The van der Waals surface area contributed by atoms with E-state index in [1.165, 1.54) is 6.07 Å². The number of carbonyl (C=O) groups excluding carboxylic acids is 5. The number of hydrogen-bond acceptors (Lipinski definition) is 6. The Morgan fingerprint density at radius 3 is 2.24 bits per heavy atom. The van der Waals surface area contributed by atoms with Crippen LogP contribution in [-0.4, -0.2) is 35.2 Å². The lowest BCUT2D eigenvalue weighted by Crippen LogP contribution is -2.59. The van der Waals surface area contributed by atoms with Gasteiger partial charge in [-0.3, -0.25) is 19.2 Å². The van der Waals surface area contributed by atoms with E-state index in [1.807, 2.05) is 0 Å². The number of rotatable bonds is 3. The molecule has 218 valence electrons. The van der Waals surface area contributed by atoms with E-state index in [1.54, 1.807) is 43.3 Å². The number of Topliss-reactive ketones (excluding diaryl/α,β-unsaturated/α-hetero) is 2. The minimum absolute atomic E-state index is 0.0170. The van der Waals surface area contributed by atoms with Crippen LogP contribution in [0.4, 0.5) is 0 Å². The molecule has 8 atom stereocenters. The molecule has 7 rings (SSSR count). The summed E-state index contributed by atoms with van der Waals surface area (Å²) in [6, 6.07) is 11.4. The topological polar surface area (TPSA) is 94.6 Å². The molecule has 0 saturated heterocycles. The molecule has 2 aromatic carbocycles. The van der Waals surface area contributed by atoms with Crippen LogP contribution in [0.5, 0.6) is 0 Å². The predicted octanol–water partition coefficient (Wildman–Crippen LogP) is 6.41. The zero-order valence-electron chi connectivity index (χ0n) is 24.6. The molecule has 0 heterocycles. The number of esters is 1. The lowest BCUT2D eigenvalue weighted by atomic mass is 9.44. The quantitative estimate of drug-likeness (QED) is 0.340. The summed E-state index contributed by atoms with van der Waals surface area (Å²) >= 11 is 0. The van der Waals surface area contributed by atoms with Crippen LogP contribution < -0.4 is 0 Å². The van der Waals surface area contributed by atoms with Gasteiger partial charge in [-0.1, -0.05) is 38.1 Å². The lowest BCUT2D eigenvalue weighted by molar-refractivity contribution is -0.171. The number of ketones is 4. The van der Waals surface area contributed by atoms with E-state index >= 15 is 0 Å². The Hall–Kier alpha value is -3.41. The Balaban J connectivity index is 1.23. The molecule has 0 spiro atoms. The summed E-state index contributed by atoms with van der Waals surface area (Å²) in [5, 5.41) is 0. The normalized spacial score (nSPS) is 36.7. The van der Waals surface area contributed by atoms with Crippen molar-refractivity contribution in [2.24, 2.45) is 40.4 Å². The van der Waals surface area contributed by atoms with Crippen LogP contribution in [0.25, 0.3) is 0 Å². The third kappa shape index (κ3) is 3.79. The van der Waals surface area contributed by atoms with E-state index in [2.05, 4.69) is 13.8 Å². The van der Waals surface area contributed by atoms with Crippen molar-refractivity contribution < 1.29 is 28.7 Å². The van der Waals surface area contributed by atoms with Gasteiger partial charge in [0.15, 0.2) is 11.6 Å². The highest BCUT2D eigenvalue weighted by Crippen LogP contribution is 2.67. The van der Waals surface area contributed by atoms with Gasteiger partial charge in [0.25, 0.3) is 0 Å². The SMILES string of the molecule is CC(=O)[C@H]1CC[C@H]2[C@@H]3CC[C@@H]4CC(=O)CC[C@]4(C)[C@H]3C[C@@H](OC(=O)c3ccc4c(c3)C(=O)c3ccccc3C4=O)[C@]12C. The summed E-state index contributed by atoms with van der Waals surface area (Å²) in [5.74, 6) is 0.735. The summed E-state index contributed by atoms with van der Waals surface area (Å²) in [5.41, 5.74) is 1.03. The standard InChI is InChI=1S/C36H38O6/c1-19(37)28-12-13-29-26-11-9-21-17-22(38)14-15-35(21,2)30(26)18-31(36(28,29)3)42-34(41)20-8-10-25-27(16-20)33(40)24-7-5-4-6-23(24)32(25)39/h4-8,10,16,21,26,28-31H,9,11-15,17-18H2,1-3H3/t21-,26+,28-,29+,30+,31-,35+,36-/m1/s1. The van der Waals surface area contributed by atoms with Crippen LogP contribution in [-0.2, 0) is 14.3 Å². The first-order chi connectivity index (χ1) is 20.0. The highest BCUT2D eigenvalue weighted by atomic mass is 16.5. The van der Waals surface area contributed by atoms with Crippen LogP contribution in [0.1, 0.15) is 114 Å². The molecule has 42 heavy (non-hydrogen) atoms. The van der Waals surface area contributed by atoms with Crippen molar-refractivity contribution in [1.82, 2.24) is 0 Å². The van der Waals surface area contributed by atoms with Gasteiger partial charge >= 0.3 is 5.97 Å². The van der Waals surface area contributed by atoms with Crippen LogP contribution in [0.2, 0.25) is 0 Å². The van der Waals surface area contributed by atoms with E-state index in [0.717, 1.165) is 32.1 Å². The molecule has 0 bridgehead atoms. The van der Waals surface area contributed by atoms with Crippen molar-refractivity contribution in [1.29, 1.82) is 0 Å². The summed E-state index contributed by atoms with van der Waals surface area (Å²) in [4.78, 5) is 65.7. The van der Waals surface area contributed by atoms with E-state index in [-0.39, 0.29) is 45.7 Å². The Kier molecular flexibility index (Phi) is 6.24. The minimum atomic E-state index is -0.522. The van der Waals surface area contributed by atoms with Gasteiger partial charge in [0.05, 0.1) is 5.56 Å². The first kappa shape index (κ1) is 27.4. The fraction of sp³-hybridized carbons (Fsp3) is 0.528. The Labute approximate surface area is 246 Å². The molecule has 0 aromatic heterocycles. The maximum Gasteiger partial charge on any atom is 0.338 e. The Morgan fingerprint density at radius 1 is 0.833 bits per heavy atom. The van der Waals surface area contributed by atoms with E-state index in [0.29, 0.717) is 59.5 Å². The van der Waals surface area contributed by atoms with E-state index in [4.69, 9.17) is 4.74 Å². The zero-order valence-corrected chi connectivity index (χ0v) is 24.6. The molecule has 0 N–H and O–H groups in total. The highest BCUT2D eigenvalue weighted by Gasteiger charge is 2.65. The second-order valence-corrected chi connectivity index (χ2v) is 14.1. The fourth-order valence-corrected chi connectivity index (χ4v) is 10.2. The number of carbonyl (C=O) groups is 5. The maximum absolute atomic E-state index is 13.9. The number of fused-ring (bicyclic) bond motifs is 7. The van der Waals surface area contributed by atoms with Gasteiger partial charge < -0.3 is 4.74 Å². The van der Waals surface area contributed by atoms with Crippen molar-refractivity contribution in [3.8, 4) is 0 Å². The van der Waals surface area contributed by atoms with Gasteiger partial charge in [-0.15, -0.1) is 0 Å². The van der Waals surface area contributed by atoms with E-state index < -0.39 is 17.5 Å². The molecule has 0 amide bonds. The fourth-order valence-electron chi connectivity index (χ4n) is 10.2. The molecule has 0 aliphatic heterocycles. The second kappa shape index (κ2) is 9.55. The third-order valence-electron chi connectivity index (χ3n) is 12.5. The van der Waals surface area contributed by atoms with Gasteiger partial charge in [0, 0.05) is 46.4 Å². The minimum Gasteiger partial charge on any atom is -0.458 e. The Morgan fingerprint density at radius 2 is 1.52 bits per heavy atom. The number of ether oxygens (including phenoxy) is 1. The highest BCUT2D eigenvalue weighted by molar-refractivity contribution is 6.28. The Bertz CT molecular complexity index is 1550. The molecule has 5 aliphatic rings. The summed E-state index contributed by atoms with van der Waals surface area (Å²) in [7, 11) is 0. The molecule has 4 fully saturated rings. The van der Waals surface area contributed by atoms with Gasteiger partial charge in [0.2, 0.25) is 0 Å². The van der Waals surface area contributed by atoms with Crippen molar-refractivity contribution >= 4 is 29.1 Å². The average molecular weight is 567 g/mol. The molecule has 6 nitrogen and oxygen atoms in total. The van der Waals surface area contributed by atoms with Crippen LogP contribution in [0.3, 0.4) is 0 Å². The maximum atomic E-state index is 13.9.